The van der Waals surface area contributed by atoms with Crippen molar-refractivity contribution in [3.05, 3.63) is 0 Å². The van der Waals surface area contributed by atoms with Gasteiger partial charge in [0, 0.05) is 13.0 Å². The Labute approximate surface area is 141 Å². The first-order valence-corrected chi connectivity index (χ1v) is 8.82. The SMILES string of the molecule is CC(CC(=O)NCC(O)C1CCCCC1)C1CCNCC1.Cl. The van der Waals surface area contributed by atoms with Crippen LogP contribution in [-0.4, -0.2) is 36.8 Å². The molecule has 1 aliphatic heterocycles. The van der Waals surface area contributed by atoms with Crippen molar-refractivity contribution in [2.24, 2.45) is 17.8 Å². The zero-order valence-electron chi connectivity index (χ0n) is 13.9. The first-order valence-electron chi connectivity index (χ1n) is 8.82. The van der Waals surface area contributed by atoms with Gasteiger partial charge in [-0.3, -0.25) is 4.79 Å². The predicted molar refractivity (Wildman–Crippen MR) is 92.2 cm³/mol. The van der Waals surface area contributed by atoms with E-state index in [2.05, 4.69) is 17.6 Å². The second-order valence-electron chi connectivity index (χ2n) is 7.04. The van der Waals surface area contributed by atoms with Crippen molar-refractivity contribution in [1.82, 2.24) is 10.6 Å². The Hall–Kier alpha value is -0.320. The van der Waals surface area contributed by atoms with Gasteiger partial charge in [-0.2, -0.15) is 0 Å². The van der Waals surface area contributed by atoms with Gasteiger partial charge >= 0.3 is 0 Å². The number of hydrogen-bond acceptors (Lipinski definition) is 3. The molecule has 4 nitrogen and oxygen atoms in total. The van der Waals surface area contributed by atoms with E-state index in [4.69, 9.17) is 0 Å². The molecule has 0 radical (unpaired) electrons. The Balaban J connectivity index is 0.00000242. The molecule has 2 atom stereocenters. The predicted octanol–water partition coefficient (Wildman–Crippen LogP) is 2.49. The molecule has 2 fully saturated rings. The van der Waals surface area contributed by atoms with Crippen LogP contribution in [0.4, 0.5) is 0 Å². The maximum Gasteiger partial charge on any atom is 0.220 e. The third-order valence-corrected chi connectivity index (χ3v) is 5.40. The highest BCUT2D eigenvalue weighted by molar-refractivity contribution is 5.85. The molecule has 2 aliphatic rings. The lowest BCUT2D eigenvalue weighted by atomic mass is 9.84. The number of piperidine rings is 1. The van der Waals surface area contributed by atoms with E-state index in [0.29, 0.717) is 30.7 Å². The highest BCUT2D eigenvalue weighted by Crippen LogP contribution is 2.26. The highest BCUT2D eigenvalue weighted by Gasteiger charge is 2.24. The zero-order chi connectivity index (χ0) is 15.1. The van der Waals surface area contributed by atoms with Crippen LogP contribution < -0.4 is 10.6 Å². The lowest BCUT2D eigenvalue weighted by molar-refractivity contribution is -0.123. The molecular formula is C17H33ClN2O2. The molecule has 0 aromatic carbocycles. The van der Waals surface area contributed by atoms with Crippen molar-refractivity contribution in [2.75, 3.05) is 19.6 Å². The summed E-state index contributed by atoms with van der Waals surface area (Å²) in [6, 6.07) is 0. The molecule has 5 heteroatoms. The van der Waals surface area contributed by atoms with Crippen LogP contribution in [0.5, 0.6) is 0 Å². The molecule has 130 valence electrons. The molecule has 1 saturated carbocycles. The van der Waals surface area contributed by atoms with E-state index >= 15 is 0 Å². The number of aliphatic hydroxyl groups is 1. The topological polar surface area (TPSA) is 61.4 Å². The normalized spacial score (nSPS) is 23.4. The van der Waals surface area contributed by atoms with Crippen LogP contribution >= 0.6 is 12.4 Å². The van der Waals surface area contributed by atoms with E-state index in [9.17, 15) is 9.90 Å². The van der Waals surface area contributed by atoms with Crippen molar-refractivity contribution >= 4 is 18.3 Å². The fourth-order valence-corrected chi connectivity index (χ4v) is 3.85. The molecule has 0 spiro atoms. The molecule has 1 saturated heterocycles. The van der Waals surface area contributed by atoms with Gasteiger partial charge in [0.25, 0.3) is 0 Å². The molecule has 3 N–H and O–H groups in total. The summed E-state index contributed by atoms with van der Waals surface area (Å²) in [5.41, 5.74) is 0. The van der Waals surface area contributed by atoms with Crippen molar-refractivity contribution in [2.45, 2.75) is 64.4 Å². The molecular weight excluding hydrogens is 300 g/mol. The number of carbonyl (C=O) groups excluding carboxylic acids is 1. The summed E-state index contributed by atoms with van der Waals surface area (Å²) in [6.07, 6.45) is 8.57. The molecule has 0 bridgehead atoms. The van der Waals surface area contributed by atoms with Crippen LogP contribution in [0.1, 0.15) is 58.3 Å². The van der Waals surface area contributed by atoms with Gasteiger partial charge in [0.05, 0.1) is 6.10 Å². The largest absolute Gasteiger partial charge is 0.391 e. The highest BCUT2D eigenvalue weighted by atomic mass is 35.5. The molecule has 2 rings (SSSR count). The zero-order valence-corrected chi connectivity index (χ0v) is 14.7. The number of hydrogen-bond donors (Lipinski definition) is 3. The second-order valence-corrected chi connectivity index (χ2v) is 7.04. The van der Waals surface area contributed by atoms with E-state index in [0.717, 1.165) is 25.9 Å². The van der Waals surface area contributed by atoms with Crippen LogP contribution in [0.25, 0.3) is 0 Å². The number of carbonyl (C=O) groups is 1. The molecule has 1 aliphatic carbocycles. The van der Waals surface area contributed by atoms with Gasteiger partial charge in [-0.25, -0.2) is 0 Å². The van der Waals surface area contributed by atoms with Gasteiger partial charge in [-0.1, -0.05) is 26.2 Å². The Morgan fingerprint density at radius 1 is 1.14 bits per heavy atom. The van der Waals surface area contributed by atoms with Gasteiger partial charge < -0.3 is 15.7 Å². The summed E-state index contributed by atoms with van der Waals surface area (Å²) in [4.78, 5) is 12.0. The molecule has 1 heterocycles. The van der Waals surface area contributed by atoms with Crippen molar-refractivity contribution in [3.8, 4) is 0 Å². The number of nitrogens with one attached hydrogen (secondary N) is 2. The maximum absolute atomic E-state index is 12.0. The average molecular weight is 333 g/mol. The van der Waals surface area contributed by atoms with E-state index in [1.807, 2.05) is 0 Å². The number of amides is 1. The van der Waals surface area contributed by atoms with Gasteiger partial charge in [-0.05, 0) is 56.5 Å². The molecule has 0 aromatic heterocycles. The minimum atomic E-state index is -0.358. The summed E-state index contributed by atoms with van der Waals surface area (Å²) >= 11 is 0. The first kappa shape index (κ1) is 19.7. The van der Waals surface area contributed by atoms with E-state index in [1.54, 1.807) is 0 Å². The fraction of sp³-hybridized carbons (Fsp3) is 0.941. The molecule has 1 amide bonds. The Morgan fingerprint density at radius 3 is 2.41 bits per heavy atom. The minimum absolute atomic E-state index is 0. The van der Waals surface area contributed by atoms with Crippen LogP contribution in [0, 0.1) is 17.8 Å². The van der Waals surface area contributed by atoms with Gasteiger partial charge in [0.15, 0.2) is 0 Å². The Bertz CT molecular complexity index is 316. The monoisotopic (exact) mass is 332 g/mol. The molecule has 22 heavy (non-hydrogen) atoms. The smallest absolute Gasteiger partial charge is 0.220 e. The van der Waals surface area contributed by atoms with Crippen LogP contribution in [0.3, 0.4) is 0 Å². The lowest BCUT2D eigenvalue weighted by Crippen LogP contribution is -2.38. The van der Waals surface area contributed by atoms with Crippen molar-refractivity contribution in [1.29, 1.82) is 0 Å². The second kappa shape index (κ2) is 10.5. The summed E-state index contributed by atoms with van der Waals surface area (Å²) in [5, 5.41) is 16.5. The van der Waals surface area contributed by atoms with E-state index in [1.165, 1.54) is 32.1 Å². The van der Waals surface area contributed by atoms with Crippen LogP contribution in [0.15, 0.2) is 0 Å². The van der Waals surface area contributed by atoms with Gasteiger partial charge in [0.2, 0.25) is 5.91 Å². The number of halogens is 1. The van der Waals surface area contributed by atoms with E-state index in [-0.39, 0.29) is 24.4 Å². The minimum Gasteiger partial charge on any atom is -0.391 e. The molecule has 0 aromatic rings. The van der Waals surface area contributed by atoms with E-state index < -0.39 is 0 Å². The number of aliphatic hydroxyl groups excluding tert-OH is 1. The quantitative estimate of drug-likeness (QED) is 0.700. The van der Waals surface area contributed by atoms with Crippen LogP contribution in [-0.2, 0) is 4.79 Å². The van der Waals surface area contributed by atoms with Crippen molar-refractivity contribution in [3.63, 3.8) is 0 Å². The third kappa shape index (κ3) is 6.43. The molecule has 2 unspecified atom stereocenters. The first-order chi connectivity index (χ1) is 10.2. The van der Waals surface area contributed by atoms with Crippen LogP contribution in [0.2, 0.25) is 0 Å². The fourth-order valence-electron chi connectivity index (χ4n) is 3.85. The third-order valence-electron chi connectivity index (χ3n) is 5.40. The van der Waals surface area contributed by atoms with Gasteiger partial charge in [0.1, 0.15) is 0 Å². The summed E-state index contributed by atoms with van der Waals surface area (Å²) < 4.78 is 0. The number of rotatable bonds is 6. The summed E-state index contributed by atoms with van der Waals surface area (Å²) in [5.74, 6) is 1.61. The average Bonchev–Trinajstić information content (AvgIpc) is 2.54. The standard InChI is InChI=1S/C17H32N2O2.ClH/c1-13(14-7-9-18-10-8-14)11-17(21)19-12-16(20)15-5-3-2-4-6-15;/h13-16,18,20H,2-12H2,1H3,(H,19,21);1H. The maximum atomic E-state index is 12.0. The Kier molecular flexibility index (Phi) is 9.37. The van der Waals surface area contributed by atoms with Crippen molar-refractivity contribution < 1.29 is 9.90 Å². The Morgan fingerprint density at radius 2 is 1.77 bits per heavy atom. The summed E-state index contributed by atoms with van der Waals surface area (Å²) in [7, 11) is 0. The summed E-state index contributed by atoms with van der Waals surface area (Å²) in [6.45, 7) is 4.78. The lowest BCUT2D eigenvalue weighted by Gasteiger charge is -2.29. The van der Waals surface area contributed by atoms with Gasteiger partial charge in [-0.15, -0.1) is 12.4 Å².